The Balaban J connectivity index is 1.76. The van der Waals surface area contributed by atoms with Gasteiger partial charge in [-0.15, -0.1) is 0 Å². The summed E-state index contributed by atoms with van der Waals surface area (Å²) in [6, 6.07) is 10.9. The number of hydrogen-bond acceptors (Lipinski definition) is 4. The lowest BCUT2D eigenvalue weighted by atomic mass is 10.0. The number of carbonyl (C=O) groups excluding carboxylic acids is 1. The molecule has 0 radical (unpaired) electrons. The van der Waals surface area contributed by atoms with Crippen LogP contribution in [0.25, 0.3) is 5.57 Å². The fourth-order valence-electron chi connectivity index (χ4n) is 2.93. The van der Waals surface area contributed by atoms with Crippen LogP contribution in [0.3, 0.4) is 0 Å². The van der Waals surface area contributed by atoms with Crippen molar-refractivity contribution >= 4 is 29.2 Å². The molecular formula is C23H17F5N4O. The molecule has 0 saturated heterocycles. The van der Waals surface area contributed by atoms with E-state index in [1.165, 1.54) is 18.3 Å². The summed E-state index contributed by atoms with van der Waals surface area (Å²) in [5.41, 5.74) is 3.97. The molecule has 1 heterocycles. The van der Waals surface area contributed by atoms with Crippen molar-refractivity contribution in [2.45, 2.75) is 12.6 Å². The van der Waals surface area contributed by atoms with Gasteiger partial charge in [-0.25, -0.2) is 18.8 Å². The first-order valence-electron chi connectivity index (χ1n) is 9.50. The molecule has 0 saturated carbocycles. The van der Waals surface area contributed by atoms with E-state index in [1.54, 1.807) is 18.2 Å². The Kier molecular flexibility index (Phi) is 7.17. The van der Waals surface area contributed by atoms with Crippen LogP contribution in [0.15, 0.2) is 72.0 Å². The Labute approximate surface area is 185 Å². The number of anilines is 1. The van der Waals surface area contributed by atoms with Gasteiger partial charge in [0, 0.05) is 29.9 Å². The maximum atomic E-state index is 14.6. The zero-order valence-electron chi connectivity index (χ0n) is 16.9. The predicted molar refractivity (Wildman–Crippen MR) is 115 cm³/mol. The van der Waals surface area contributed by atoms with Gasteiger partial charge >= 0.3 is 6.18 Å². The first-order chi connectivity index (χ1) is 15.7. The van der Waals surface area contributed by atoms with Crippen molar-refractivity contribution in [3.8, 4) is 0 Å². The first-order valence-corrected chi connectivity index (χ1v) is 9.50. The van der Waals surface area contributed by atoms with Crippen molar-refractivity contribution in [3.05, 3.63) is 95.3 Å². The first kappa shape index (κ1) is 23.6. The fraction of sp³-hybridized carbons (Fsp3) is 0.0870. The fourth-order valence-corrected chi connectivity index (χ4v) is 2.93. The number of rotatable bonds is 6. The summed E-state index contributed by atoms with van der Waals surface area (Å²) in [6.07, 6.45) is -1.35. The van der Waals surface area contributed by atoms with Crippen molar-refractivity contribution in [1.82, 2.24) is 4.98 Å². The van der Waals surface area contributed by atoms with Crippen molar-refractivity contribution < 1.29 is 26.7 Å². The van der Waals surface area contributed by atoms with Crippen LogP contribution in [0.2, 0.25) is 0 Å². The lowest BCUT2D eigenvalue weighted by molar-refractivity contribution is -0.137. The van der Waals surface area contributed by atoms with E-state index in [-0.39, 0.29) is 16.8 Å². The number of aliphatic imine (C=N–C) groups is 1. The maximum absolute atomic E-state index is 14.6. The highest BCUT2D eigenvalue weighted by molar-refractivity contribution is 6.10. The quantitative estimate of drug-likeness (QED) is 0.389. The number of pyridine rings is 1. The van der Waals surface area contributed by atoms with E-state index in [4.69, 9.17) is 5.73 Å². The molecule has 0 bridgehead atoms. The summed E-state index contributed by atoms with van der Waals surface area (Å²) in [4.78, 5) is 20.2. The van der Waals surface area contributed by atoms with Gasteiger partial charge in [0.05, 0.1) is 17.5 Å². The number of aromatic nitrogens is 1. The number of alkyl halides is 3. The third-order valence-corrected chi connectivity index (χ3v) is 4.40. The van der Waals surface area contributed by atoms with E-state index < -0.39 is 41.3 Å². The summed E-state index contributed by atoms with van der Waals surface area (Å²) in [6.45, 7) is 0. The molecule has 0 fully saturated rings. The molecule has 1 aromatic heterocycles. The molecule has 0 aliphatic carbocycles. The summed E-state index contributed by atoms with van der Waals surface area (Å²) in [7, 11) is 0. The molecule has 3 aromatic rings. The van der Waals surface area contributed by atoms with E-state index in [0.717, 1.165) is 36.7 Å². The molecule has 10 heteroatoms. The van der Waals surface area contributed by atoms with Gasteiger partial charge < -0.3 is 11.1 Å². The predicted octanol–water partition coefficient (Wildman–Crippen LogP) is 5.26. The molecule has 3 N–H and O–H groups in total. The standard InChI is InChI=1S/C23H17F5N4O/c24-18-10-17(32-21(33)9-14-4-3-5-16(8-14)23(26,27)28)11-19(25)22(18)15(12-29)13-31-20-6-1-2-7-30-20/h1-8,10-13H,9,29H2,(H,32,33)/b15-12+,31-13+. The minimum atomic E-state index is -4.55. The topological polar surface area (TPSA) is 80.4 Å². The number of nitrogens with one attached hydrogen (secondary N) is 1. The second-order valence-corrected chi connectivity index (χ2v) is 6.81. The average Bonchev–Trinajstić information content (AvgIpc) is 2.75. The number of nitrogens with zero attached hydrogens (tertiary/aromatic N) is 2. The molecule has 0 unspecified atom stereocenters. The molecular weight excluding hydrogens is 443 g/mol. The van der Waals surface area contributed by atoms with Gasteiger partial charge in [-0.2, -0.15) is 13.2 Å². The van der Waals surface area contributed by atoms with E-state index >= 15 is 0 Å². The van der Waals surface area contributed by atoms with Crippen LogP contribution in [0.1, 0.15) is 16.7 Å². The zero-order chi connectivity index (χ0) is 24.0. The molecule has 3 rings (SSSR count). The number of halogens is 5. The number of allylic oxidation sites excluding steroid dienone is 1. The number of hydrogen-bond donors (Lipinski definition) is 2. The highest BCUT2D eigenvalue weighted by atomic mass is 19.4. The normalized spacial score (nSPS) is 12.2. The number of carbonyl (C=O) groups is 1. The number of amides is 1. The van der Waals surface area contributed by atoms with Gasteiger partial charge in [0.2, 0.25) is 5.91 Å². The highest BCUT2D eigenvalue weighted by Gasteiger charge is 2.30. The Bertz CT molecular complexity index is 1180. The van der Waals surface area contributed by atoms with Gasteiger partial charge in [-0.3, -0.25) is 4.79 Å². The van der Waals surface area contributed by atoms with Gasteiger partial charge in [0.1, 0.15) is 11.6 Å². The lowest BCUT2D eigenvalue weighted by Crippen LogP contribution is -2.16. The summed E-state index contributed by atoms with van der Waals surface area (Å²) in [5.74, 6) is -2.48. The largest absolute Gasteiger partial charge is 0.416 e. The van der Waals surface area contributed by atoms with Crippen molar-refractivity contribution in [2.75, 3.05) is 5.32 Å². The molecule has 5 nitrogen and oxygen atoms in total. The van der Waals surface area contributed by atoms with Gasteiger partial charge in [-0.1, -0.05) is 24.3 Å². The van der Waals surface area contributed by atoms with E-state index in [2.05, 4.69) is 15.3 Å². The third-order valence-electron chi connectivity index (χ3n) is 4.40. The Morgan fingerprint density at radius 2 is 1.79 bits per heavy atom. The van der Waals surface area contributed by atoms with Crippen LogP contribution >= 0.6 is 0 Å². The van der Waals surface area contributed by atoms with Crippen LogP contribution < -0.4 is 11.1 Å². The van der Waals surface area contributed by atoms with Crippen LogP contribution in [0.4, 0.5) is 33.5 Å². The molecule has 170 valence electrons. The van der Waals surface area contributed by atoms with Crippen LogP contribution in [-0.4, -0.2) is 17.1 Å². The Morgan fingerprint density at radius 1 is 1.06 bits per heavy atom. The minimum absolute atomic E-state index is 0.0579. The number of nitrogens with two attached hydrogens (primary N) is 1. The molecule has 0 aliphatic rings. The second-order valence-electron chi connectivity index (χ2n) is 6.81. The van der Waals surface area contributed by atoms with Crippen molar-refractivity contribution in [2.24, 2.45) is 10.7 Å². The summed E-state index contributed by atoms with van der Waals surface area (Å²) >= 11 is 0. The second kappa shape index (κ2) is 10.0. The van der Waals surface area contributed by atoms with Gasteiger partial charge in [0.25, 0.3) is 0 Å². The summed E-state index contributed by atoms with van der Waals surface area (Å²) in [5, 5.41) is 2.28. The molecule has 1 amide bonds. The summed E-state index contributed by atoms with van der Waals surface area (Å²) < 4.78 is 67.7. The SMILES string of the molecule is N/C=C(\C=N\c1ccccn1)c1c(F)cc(NC(=O)Cc2cccc(C(F)(F)F)c2)cc1F. The van der Waals surface area contributed by atoms with E-state index in [1.807, 2.05) is 0 Å². The highest BCUT2D eigenvalue weighted by Crippen LogP contribution is 2.30. The number of benzene rings is 2. The zero-order valence-corrected chi connectivity index (χ0v) is 16.9. The maximum Gasteiger partial charge on any atom is 0.416 e. The molecule has 2 aromatic carbocycles. The third kappa shape index (κ3) is 6.22. The Morgan fingerprint density at radius 3 is 2.39 bits per heavy atom. The monoisotopic (exact) mass is 460 g/mol. The van der Waals surface area contributed by atoms with E-state index in [9.17, 15) is 26.7 Å². The lowest BCUT2D eigenvalue weighted by Gasteiger charge is -2.11. The van der Waals surface area contributed by atoms with E-state index in [0.29, 0.717) is 5.82 Å². The van der Waals surface area contributed by atoms with Gasteiger partial charge in [0.15, 0.2) is 5.82 Å². The van der Waals surface area contributed by atoms with Crippen LogP contribution in [0.5, 0.6) is 0 Å². The van der Waals surface area contributed by atoms with Crippen molar-refractivity contribution in [3.63, 3.8) is 0 Å². The molecule has 0 aliphatic heterocycles. The Hall–Kier alpha value is -4.08. The van der Waals surface area contributed by atoms with Gasteiger partial charge in [-0.05, 0) is 35.9 Å². The molecule has 0 spiro atoms. The minimum Gasteiger partial charge on any atom is -0.404 e. The van der Waals surface area contributed by atoms with Crippen molar-refractivity contribution in [1.29, 1.82) is 0 Å². The van der Waals surface area contributed by atoms with Crippen LogP contribution in [0, 0.1) is 11.6 Å². The average molecular weight is 460 g/mol. The molecule has 0 atom stereocenters. The molecule has 33 heavy (non-hydrogen) atoms. The van der Waals surface area contributed by atoms with Crippen LogP contribution in [-0.2, 0) is 17.4 Å². The smallest absolute Gasteiger partial charge is 0.404 e.